The molecular formula is C28H39Cl2N5O5S. The molecule has 0 aromatic heterocycles. The topological polar surface area (TPSA) is 150 Å². The number of hydrogen-bond donors (Lipinski definition) is 3. The zero-order chi connectivity index (χ0) is 28.6. The number of anilines is 1. The van der Waals surface area contributed by atoms with Crippen molar-refractivity contribution in [3.05, 3.63) is 65.2 Å². The standard InChI is InChI=1S/C28H37N5O5S.2ClH/c1-4-37-27(34)19-39(35,36)33(15-5-6-22-18-23(28(30)31)8-7-20(22)2)24-9-11-25(12-10-24)38-26-13-16-32(17-14-26)21(3)29;;/h5-12,18,26,29H,4,13-17,19H2,1-3H3,(H3,30,31);2*1H/b6-5+,29-21?;;. The van der Waals surface area contributed by atoms with Crippen molar-refractivity contribution in [3.8, 4) is 5.75 Å². The third-order valence-electron chi connectivity index (χ3n) is 6.44. The van der Waals surface area contributed by atoms with Crippen LogP contribution in [0.1, 0.15) is 43.4 Å². The highest BCUT2D eigenvalue weighted by Crippen LogP contribution is 2.25. The molecule has 0 bridgehead atoms. The number of halogens is 2. The number of amidine groups is 2. The first-order valence-corrected chi connectivity index (χ1v) is 14.5. The Morgan fingerprint density at radius 2 is 1.76 bits per heavy atom. The smallest absolute Gasteiger partial charge is 0.323 e. The molecule has 0 atom stereocenters. The molecule has 1 aliphatic heterocycles. The van der Waals surface area contributed by atoms with Crippen LogP contribution in [0.4, 0.5) is 5.69 Å². The Bertz CT molecular complexity index is 1330. The maximum Gasteiger partial charge on any atom is 0.323 e. The van der Waals surface area contributed by atoms with Crippen molar-refractivity contribution in [2.24, 2.45) is 5.73 Å². The fraction of sp³-hybridized carbons (Fsp3) is 0.393. The Labute approximate surface area is 254 Å². The van der Waals surface area contributed by atoms with Crippen molar-refractivity contribution in [2.75, 3.05) is 36.3 Å². The number of nitrogens with zero attached hydrogens (tertiary/aromatic N) is 2. The summed E-state index contributed by atoms with van der Waals surface area (Å²) >= 11 is 0. The highest BCUT2D eigenvalue weighted by Gasteiger charge is 2.26. The Morgan fingerprint density at radius 3 is 2.32 bits per heavy atom. The van der Waals surface area contributed by atoms with E-state index in [0.29, 0.717) is 22.8 Å². The van der Waals surface area contributed by atoms with Gasteiger partial charge in [-0.25, -0.2) is 8.42 Å². The average Bonchev–Trinajstić information content (AvgIpc) is 2.88. The number of carbonyl (C=O) groups excluding carboxylic acids is 1. The number of likely N-dealkylation sites (tertiary alicyclic amines) is 1. The van der Waals surface area contributed by atoms with Gasteiger partial charge >= 0.3 is 5.97 Å². The van der Waals surface area contributed by atoms with E-state index >= 15 is 0 Å². The molecule has 3 rings (SSSR count). The highest BCUT2D eigenvalue weighted by molar-refractivity contribution is 7.93. The fourth-order valence-electron chi connectivity index (χ4n) is 4.26. The second-order valence-electron chi connectivity index (χ2n) is 9.36. The van der Waals surface area contributed by atoms with Gasteiger partial charge in [-0.3, -0.25) is 19.9 Å². The van der Waals surface area contributed by atoms with E-state index in [1.807, 2.05) is 17.9 Å². The lowest BCUT2D eigenvalue weighted by Gasteiger charge is -2.32. The van der Waals surface area contributed by atoms with Crippen molar-refractivity contribution in [2.45, 2.75) is 39.7 Å². The maximum absolute atomic E-state index is 13.3. The van der Waals surface area contributed by atoms with Gasteiger partial charge in [0.25, 0.3) is 0 Å². The summed E-state index contributed by atoms with van der Waals surface area (Å²) < 4.78 is 38.7. The molecule has 2 aromatic rings. The number of nitrogens with one attached hydrogen (secondary N) is 2. The predicted octanol–water partition coefficient (Wildman–Crippen LogP) is 4.38. The number of esters is 1. The molecule has 1 heterocycles. The molecule has 1 fully saturated rings. The summed E-state index contributed by atoms with van der Waals surface area (Å²) in [7, 11) is -4.05. The van der Waals surface area contributed by atoms with Gasteiger partial charge in [-0.2, -0.15) is 0 Å². The van der Waals surface area contributed by atoms with E-state index in [1.165, 1.54) is 4.31 Å². The van der Waals surface area contributed by atoms with E-state index < -0.39 is 21.7 Å². The van der Waals surface area contributed by atoms with Crippen LogP contribution in [0.5, 0.6) is 5.75 Å². The average molecular weight is 629 g/mol. The Hall–Kier alpha value is -3.28. The van der Waals surface area contributed by atoms with Crippen LogP contribution in [0.15, 0.2) is 48.5 Å². The van der Waals surface area contributed by atoms with E-state index in [1.54, 1.807) is 62.4 Å². The molecule has 0 radical (unpaired) electrons. The largest absolute Gasteiger partial charge is 0.490 e. The van der Waals surface area contributed by atoms with Crippen LogP contribution in [-0.2, 0) is 19.6 Å². The molecule has 0 spiro atoms. The van der Waals surface area contributed by atoms with Gasteiger partial charge in [0.1, 0.15) is 17.7 Å². The maximum atomic E-state index is 13.3. The summed E-state index contributed by atoms with van der Waals surface area (Å²) in [4.78, 5) is 14.1. The van der Waals surface area contributed by atoms with Crippen molar-refractivity contribution in [1.82, 2.24) is 4.90 Å². The molecule has 226 valence electrons. The second-order valence-corrected chi connectivity index (χ2v) is 11.3. The molecule has 2 aromatic carbocycles. The quantitative estimate of drug-likeness (QED) is 0.190. The number of sulfonamides is 1. The first-order chi connectivity index (χ1) is 18.5. The molecule has 4 N–H and O–H groups in total. The normalized spacial score (nSPS) is 13.6. The Balaban J connectivity index is 0.00000420. The summed E-state index contributed by atoms with van der Waals surface area (Å²) in [5.41, 5.74) is 8.32. The number of piperidine rings is 1. The molecule has 10 nitrogen and oxygen atoms in total. The van der Waals surface area contributed by atoms with Gasteiger partial charge in [-0.1, -0.05) is 24.3 Å². The molecular weight excluding hydrogens is 589 g/mol. The number of aryl methyl sites for hydroxylation is 1. The number of carbonyl (C=O) groups is 1. The summed E-state index contributed by atoms with van der Waals surface area (Å²) in [6.45, 7) is 6.90. The van der Waals surface area contributed by atoms with Gasteiger partial charge < -0.3 is 20.1 Å². The van der Waals surface area contributed by atoms with Gasteiger partial charge in [0.05, 0.1) is 24.7 Å². The van der Waals surface area contributed by atoms with Crippen molar-refractivity contribution in [1.29, 1.82) is 10.8 Å². The minimum Gasteiger partial charge on any atom is -0.490 e. The van der Waals surface area contributed by atoms with Crippen molar-refractivity contribution < 1.29 is 22.7 Å². The lowest BCUT2D eigenvalue weighted by atomic mass is 10.0. The lowest BCUT2D eigenvalue weighted by molar-refractivity contribution is -0.139. The molecule has 1 aliphatic rings. The minimum absolute atomic E-state index is 0. The van der Waals surface area contributed by atoms with E-state index in [4.69, 9.17) is 26.0 Å². The zero-order valence-electron chi connectivity index (χ0n) is 23.5. The number of ether oxygens (including phenoxy) is 2. The number of nitrogen functional groups attached to an aromatic ring is 1. The second kappa shape index (κ2) is 16.2. The first-order valence-electron chi connectivity index (χ1n) is 12.8. The summed E-state index contributed by atoms with van der Waals surface area (Å²) in [5, 5.41) is 15.4. The molecule has 0 unspecified atom stereocenters. The SMILES string of the molecule is CCOC(=O)CS(=O)(=O)N(C/C=C/c1cc(C(=N)N)ccc1C)c1ccc(OC2CCN(C(C)=N)CC2)cc1.Cl.Cl. The summed E-state index contributed by atoms with van der Waals surface area (Å²) in [5.74, 6) is -0.475. The summed E-state index contributed by atoms with van der Waals surface area (Å²) in [6, 6.07) is 12.1. The first kappa shape index (κ1) is 35.7. The monoisotopic (exact) mass is 627 g/mol. The van der Waals surface area contributed by atoms with Crippen LogP contribution in [0, 0.1) is 17.7 Å². The van der Waals surface area contributed by atoms with Crippen LogP contribution < -0.4 is 14.8 Å². The number of nitrogens with two attached hydrogens (primary N) is 1. The fourth-order valence-corrected chi connectivity index (χ4v) is 5.56. The molecule has 41 heavy (non-hydrogen) atoms. The van der Waals surface area contributed by atoms with Gasteiger partial charge in [0.2, 0.25) is 10.0 Å². The van der Waals surface area contributed by atoms with Crippen LogP contribution in [0.2, 0.25) is 0 Å². The third kappa shape index (κ3) is 10.2. The van der Waals surface area contributed by atoms with Crippen LogP contribution in [-0.4, -0.2) is 69.1 Å². The van der Waals surface area contributed by atoms with Crippen LogP contribution >= 0.6 is 24.8 Å². The van der Waals surface area contributed by atoms with Gasteiger partial charge in [-0.05, 0) is 62.2 Å². The Kier molecular flexibility index (Phi) is 14.2. The minimum atomic E-state index is -4.05. The highest BCUT2D eigenvalue weighted by atomic mass is 35.5. The molecule has 13 heteroatoms. The number of hydrogen-bond acceptors (Lipinski definition) is 7. The van der Waals surface area contributed by atoms with Gasteiger partial charge in [0.15, 0.2) is 5.75 Å². The lowest BCUT2D eigenvalue weighted by Crippen LogP contribution is -2.40. The zero-order valence-corrected chi connectivity index (χ0v) is 25.9. The van der Waals surface area contributed by atoms with Gasteiger partial charge in [-0.15, -0.1) is 24.8 Å². The number of rotatable bonds is 11. The molecule has 0 aliphatic carbocycles. The predicted molar refractivity (Wildman–Crippen MR) is 169 cm³/mol. The van der Waals surface area contributed by atoms with Crippen molar-refractivity contribution >= 4 is 64.2 Å². The van der Waals surface area contributed by atoms with E-state index in [2.05, 4.69) is 0 Å². The molecule has 0 saturated carbocycles. The van der Waals surface area contributed by atoms with Crippen LogP contribution in [0.25, 0.3) is 6.08 Å². The van der Waals surface area contributed by atoms with E-state index in [-0.39, 0.29) is 49.9 Å². The third-order valence-corrected chi connectivity index (χ3v) is 8.08. The van der Waals surface area contributed by atoms with Gasteiger partial charge in [0, 0.05) is 31.5 Å². The Morgan fingerprint density at radius 1 is 1.12 bits per heavy atom. The van der Waals surface area contributed by atoms with E-state index in [9.17, 15) is 13.2 Å². The number of benzene rings is 2. The summed E-state index contributed by atoms with van der Waals surface area (Å²) in [6.07, 6.45) is 5.08. The van der Waals surface area contributed by atoms with Crippen molar-refractivity contribution in [3.63, 3.8) is 0 Å². The molecule has 1 saturated heterocycles. The van der Waals surface area contributed by atoms with Crippen LogP contribution in [0.3, 0.4) is 0 Å². The van der Waals surface area contributed by atoms with E-state index in [0.717, 1.165) is 37.1 Å². The molecule has 0 amide bonds.